The van der Waals surface area contributed by atoms with Crippen LogP contribution < -0.4 is 19.3 Å². The number of para-hydroxylation sites is 1. The minimum absolute atomic E-state index is 0.146. The molecule has 1 unspecified atom stereocenters. The monoisotopic (exact) mass is 838 g/mol. The van der Waals surface area contributed by atoms with E-state index in [1.54, 1.807) is 73.4 Å². The van der Waals surface area contributed by atoms with E-state index in [2.05, 4.69) is 30.3 Å². The molecule has 308 valence electrons. The molecule has 7 aromatic rings. The average molecular weight is 839 g/mol. The first-order valence-electron chi connectivity index (χ1n) is 19.1. The molecule has 5 atom stereocenters. The van der Waals surface area contributed by atoms with E-state index in [4.69, 9.17) is 28.0 Å². The van der Waals surface area contributed by atoms with Gasteiger partial charge in [-0.15, -0.1) is 0 Å². The number of nitrogens with zero attached hydrogens (tertiary/aromatic N) is 7. The van der Waals surface area contributed by atoms with Gasteiger partial charge in [-0.05, 0) is 70.8 Å². The summed E-state index contributed by atoms with van der Waals surface area (Å²) in [5.41, 5.74) is 12.0. The van der Waals surface area contributed by atoms with Crippen LogP contribution in [0.15, 0.2) is 157 Å². The van der Waals surface area contributed by atoms with Gasteiger partial charge in [-0.25, -0.2) is 19.5 Å². The smallest absolute Gasteiger partial charge is 0.368 e. The van der Waals surface area contributed by atoms with E-state index in [9.17, 15) is 14.9 Å². The van der Waals surface area contributed by atoms with Gasteiger partial charge in [-0.3, -0.25) is 13.9 Å². The van der Waals surface area contributed by atoms with Crippen LogP contribution in [-0.4, -0.2) is 64.5 Å². The van der Waals surface area contributed by atoms with Crippen LogP contribution in [0, 0.1) is 0 Å². The number of ether oxygens (including phenoxy) is 4. The molecule has 16 nitrogen and oxygen atoms in total. The number of carbonyl (C=O) groups is 1. The van der Waals surface area contributed by atoms with Gasteiger partial charge in [-0.1, -0.05) is 96.1 Å². The van der Waals surface area contributed by atoms with E-state index < -0.39 is 44.2 Å². The Bertz CT molecular complexity index is 2600. The first-order chi connectivity index (χ1) is 29.9. The van der Waals surface area contributed by atoms with Gasteiger partial charge in [0.05, 0.1) is 39.3 Å². The third-order valence-corrected chi connectivity index (χ3v) is 11.1. The number of imidazole rings is 1. The molecule has 0 aliphatic carbocycles. The lowest BCUT2D eigenvalue weighted by Crippen LogP contribution is -2.39. The number of benzene rings is 5. The van der Waals surface area contributed by atoms with Crippen molar-refractivity contribution in [3.05, 3.63) is 185 Å². The minimum Gasteiger partial charge on any atom is -0.497 e. The number of hydrogen-bond donors (Lipinski definition) is 1. The number of amides is 1. The number of azide groups is 1. The third-order valence-electron chi connectivity index (χ3n) is 10.2. The summed E-state index contributed by atoms with van der Waals surface area (Å²) in [6.45, 7) is -0.173. The molecule has 2 aromatic heterocycles. The van der Waals surface area contributed by atoms with Gasteiger partial charge in [0.1, 0.15) is 35.3 Å². The van der Waals surface area contributed by atoms with Gasteiger partial charge in [0.15, 0.2) is 23.2 Å². The molecule has 61 heavy (non-hydrogen) atoms. The van der Waals surface area contributed by atoms with Gasteiger partial charge in [0, 0.05) is 10.5 Å². The van der Waals surface area contributed by atoms with Gasteiger partial charge < -0.3 is 28.8 Å². The van der Waals surface area contributed by atoms with Crippen molar-refractivity contribution in [1.29, 1.82) is 0 Å². The standard InChI is InChI=1S/C44H39N8O8P/c1-55-33-22-18-31(19-23-33)44(30-14-8-4-9-15-30,32-20-24-34(56-2)25-21-32)57-26-36-37(50-51-45)39(60-61(54)59-35-16-10-5-11-17-35)43(58-36)52-28-48-38-40(46-27-47-41(38)52)49-42(53)29-12-6-3-7-13-29/h3-25,27-28,36-37,39,43,61H,26H2,1-2H3,(H,46,47,49,53)/t36-,37-,39-,43-/m1/s1. The molecule has 3 heterocycles. The van der Waals surface area contributed by atoms with Gasteiger partial charge >= 0.3 is 8.25 Å². The molecule has 1 N–H and O–H groups in total. The van der Waals surface area contributed by atoms with E-state index in [1.165, 1.54) is 12.7 Å². The van der Waals surface area contributed by atoms with Gasteiger partial charge in [0.25, 0.3) is 5.91 Å². The summed E-state index contributed by atoms with van der Waals surface area (Å²) in [7, 11) is -0.122. The van der Waals surface area contributed by atoms with E-state index in [1.807, 2.05) is 84.9 Å². The van der Waals surface area contributed by atoms with E-state index in [-0.39, 0.29) is 23.6 Å². The van der Waals surface area contributed by atoms with Crippen molar-refractivity contribution < 1.29 is 37.4 Å². The molecule has 17 heteroatoms. The van der Waals surface area contributed by atoms with Crippen LogP contribution in [0.5, 0.6) is 17.2 Å². The Morgan fingerprint density at radius 3 is 2.00 bits per heavy atom. The SMILES string of the molecule is COc1ccc(C(OC[C@H]2O[C@@H](n3cnc4c(NC(=O)c5ccccc5)ncnc43)[C@H](O[PH](=O)Oc3ccccc3)[C@@H]2N=[N+]=[N-])(c2ccccc2)c2ccc(OC)cc2)cc1. The molecule has 1 fully saturated rings. The second kappa shape index (κ2) is 18.5. The Hall–Kier alpha value is -7.06. The highest BCUT2D eigenvalue weighted by Gasteiger charge is 2.49. The summed E-state index contributed by atoms with van der Waals surface area (Å²) in [5, 5.41) is 6.96. The second-order valence-corrected chi connectivity index (χ2v) is 14.6. The number of carbonyl (C=O) groups excluding carboxylic acids is 1. The zero-order valence-corrected chi connectivity index (χ0v) is 33.8. The number of anilines is 1. The molecule has 0 saturated carbocycles. The van der Waals surface area contributed by atoms with Crippen molar-refractivity contribution in [3.8, 4) is 17.2 Å². The van der Waals surface area contributed by atoms with E-state index in [0.29, 0.717) is 22.8 Å². The Labute approximate surface area is 350 Å². The fourth-order valence-electron chi connectivity index (χ4n) is 7.31. The van der Waals surface area contributed by atoms with Crippen LogP contribution in [0.1, 0.15) is 33.3 Å². The summed E-state index contributed by atoms with van der Waals surface area (Å²) < 4.78 is 52.0. The first kappa shape index (κ1) is 40.7. The zero-order chi connectivity index (χ0) is 42.2. The van der Waals surface area contributed by atoms with Crippen LogP contribution in [-0.2, 0) is 24.2 Å². The number of hydrogen-bond acceptors (Lipinski definition) is 12. The molecular weight excluding hydrogens is 800 g/mol. The third kappa shape index (κ3) is 8.53. The summed E-state index contributed by atoms with van der Waals surface area (Å²) >= 11 is 0. The molecule has 8 rings (SSSR count). The summed E-state index contributed by atoms with van der Waals surface area (Å²) in [6.07, 6.45) is -0.664. The Balaban J connectivity index is 1.19. The maximum atomic E-state index is 13.7. The second-order valence-electron chi connectivity index (χ2n) is 13.7. The van der Waals surface area contributed by atoms with E-state index in [0.717, 1.165) is 16.7 Å². The quantitative estimate of drug-likeness (QED) is 0.0322. The molecule has 0 bridgehead atoms. The summed E-state index contributed by atoms with van der Waals surface area (Å²) in [4.78, 5) is 29.7. The zero-order valence-electron chi connectivity index (χ0n) is 32.8. The van der Waals surface area contributed by atoms with Crippen LogP contribution in [0.4, 0.5) is 5.82 Å². The van der Waals surface area contributed by atoms with Gasteiger partial charge in [0.2, 0.25) is 0 Å². The minimum atomic E-state index is -3.31. The molecule has 0 spiro atoms. The fraction of sp³-hybridized carbons (Fsp3) is 0.182. The Morgan fingerprint density at radius 1 is 0.803 bits per heavy atom. The molecule has 1 aliphatic heterocycles. The summed E-state index contributed by atoms with van der Waals surface area (Å²) in [6, 6.07) is 40.8. The Kier molecular flexibility index (Phi) is 12.3. The van der Waals surface area contributed by atoms with Crippen LogP contribution >= 0.6 is 8.25 Å². The number of aromatic nitrogens is 4. The lowest BCUT2D eigenvalue weighted by Gasteiger charge is -2.37. The largest absolute Gasteiger partial charge is 0.497 e. The maximum absolute atomic E-state index is 13.7. The Morgan fingerprint density at radius 2 is 1.39 bits per heavy atom. The molecule has 0 radical (unpaired) electrons. The topological polar surface area (TPSA) is 194 Å². The first-order valence-corrected chi connectivity index (χ1v) is 20.3. The van der Waals surface area contributed by atoms with Crippen molar-refractivity contribution in [1.82, 2.24) is 19.5 Å². The van der Waals surface area contributed by atoms with Crippen molar-refractivity contribution >= 4 is 31.1 Å². The van der Waals surface area contributed by atoms with Gasteiger partial charge in [-0.2, -0.15) is 0 Å². The number of fused-ring (bicyclic) bond motifs is 1. The highest BCUT2D eigenvalue weighted by Crippen LogP contribution is 2.45. The lowest BCUT2D eigenvalue weighted by molar-refractivity contribution is -0.0844. The number of rotatable bonds is 16. The molecule has 1 amide bonds. The maximum Gasteiger partial charge on any atom is 0.368 e. The fourth-order valence-corrected chi connectivity index (χ4v) is 8.16. The van der Waals surface area contributed by atoms with E-state index >= 15 is 0 Å². The highest BCUT2D eigenvalue weighted by atomic mass is 31.1. The van der Waals surface area contributed by atoms with Crippen molar-refractivity contribution in [2.75, 3.05) is 26.1 Å². The van der Waals surface area contributed by atoms with Crippen molar-refractivity contribution in [2.45, 2.75) is 30.1 Å². The normalized spacial score (nSPS) is 17.9. The number of nitrogens with one attached hydrogen (secondary N) is 1. The lowest BCUT2D eigenvalue weighted by atomic mass is 9.80. The highest BCUT2D eigenvalue weighted by molar-refractivity contribution is 7.33. The molecule has 1 aliphatic rings. The van der Waals surface area contributed by atoms with Crippen LogP contribution in [0.3, 0.4) is 0 Å². The molecular formula is C44H39N8O8P. The molecule has 5 aromatic carbocycles. The summed E-state index contributed by atoms with van der Waals surface area (Å²) in [5.74, 6) is 1.36. The number of methoxy groups -OCH3 is 2. The predicted octanol–water partition coefficient (Wildman–Crippen LogP) is 8.53. The van der Waals surface area contributed by atoms with Crippen molar-refractivity contribution in [2.24, 2.45) is 5.11 Å². The van der Waals surface area contributed by atoms with Crippen molar-refractivity contribution in [3.63, 3.8) is 0 Å². The van der Waals surface area contributed by atoms with Crippen LogP contribution in [0.2, 0.25) is 0 Å². The predicted molar refractivity (Wildman–Crippen MR) is 226 cm³/mol. The average Bonchev–Trinajstić information content (AvgIpc) is 3.89. The molecule has 1 saturated heterocycles. The van der Waals surface area contributed by atoms with Crippen LogP contribution in [0.25, 0.3) is 21.6 Å².